The summed E-state index contributed by atoms with van der Waals surface area (Å²) in [4.78, 5) is 75.8. The maximum Gasteiger partial charge on any atom is 0.306 e. The molecule has 0 saturated heterocycles. The van der Waals surface area contributed by atoms with Gasteiger partial charge in [-0.15, -0.1) is 0 Å². The van der Waals surface area contributed by atoms with Crippen LogP contribution in [0.5, 0.6) is 34.5 Å². The summed E-state index contributed by atoms with van der Waals surface area (Å²) in [6, 6.07) is 64.3. The van der Waals surface area contributed by atoms with E-state index in [9.17, 15) is 28.8 Å². The van der Waals surface area contributed by atoms with Gasteiger partial charge in [0, 0.05) is 68.1 Å². The highest BCUT2D eigenvalue weighted by Crippen LogP contribution is 2.61. The molecule has 10 aromatic carbocycles. The maximum absolute atomic E-state index is 13.0. The molecule has 2 aliphatic carbocycles. The van der Waals surface area contributed by atoms with Crippen molar-refractivity contribution in [2.24, 2.45) is 0 Å². The molecule has 0 N–H and O–H groups in total. The molecule has 118 heavy (non-hydrogen) atoms. The number of hydrogen-bond donors (Lipinski definition) is 0. The fourth-order valence-electron chi connectivity index (χ4n) is 16.1. The van der Waals surface area contributed by atoms with Gasteiger partial charge in [0.05, 0.1) is 93.8 Å². The molecule has 2 unspecified atom stereocenters. The van der Waals surface area contributed by atoms with Crippen molar-refractivity contribution in [1.82, 2.24) is 0 Å². The van der Waals surface area contributed by atoms with E-state index in [2.05, 4.69) is 72.8 Å². The highest BCUT2D eigenvalue weighted by Gasteiger charge is 2.50. The molecule has 0 spiro atoms. The largest absolute Gasteiger partial charge is 0.497 e. The minimum absolute atomic E-state index is 0.0254. The van der Waals surface area contributed by atoms with Crippen LogP contribution in [0.2, 0.25) is 0 Å². The van der Waals surface area contributed by atoms with E-state index in [1.54, 1.807) is 28.4 Å². The Morgan fingerprint density at radius 2 is 0.576 bits per heavy atom. The summed E-state index contributed by atoms with van der Waals surface area (Å²) in [6.45, 7) is 4.03. The molecule has 610 valence electrons. The number of ether oxygens (including phenoxy) is 16. The number of methoxy groups -OCH3 is 4. The van der Waals surface area contributed by atoms with Crippen LogP contribution in [0.1, 0.15) is 121 Å². The Balaban J connectivity index is 0.440. The van der Waals surface area contributed by atoms with Gasteiger partial charge in [0.25, 0.3) is 0 Å². The third-order valence-electron chi connectivity index (χ3n) is 21.9. The second-order valence-electron chi connectivity index (χ2n) is 28.9. The Hall–Kier alpha value is -12.3. The van der Waals surface area contributed by atoms with Gasteiger partial charge >= 0.3 is 35.8 Å². The normalized spacial score (nSPS) is 15.8. The van der Waals surface area contributed by atoms with Crippen LogP contribution in [-0.2, 0) is 98.5 Å². The van der Waals surface area contributed by atoms with Crippen molar-refractivity contribution < 1.29 is 105 Å². The number of rotatable bonds is 39. The summed E-state index contributed by atoms with van der Waals surface area (Å²) in [5.41, 5.74) is 9.17. The van der Waals surface area contributed by atoms with Gasteiger partial charge in [0.2, 0.25) is 0 Å². The Labute approximate surface area is 684 Å². The van der Waals surface area contributed by atoms with Crippen LogP contribution in [0, 0.1) is 0 Å². The molecule has 0 radical (unpaired) electrons. The summed E-state index contributed by atoms with van der Waals surface area (Å²) in [5.74, 6) is 0.961. The second-order valence-corrected chi connectivity index (χ2v) is 28.9. The predicted molar refractivity (Wildman–Crippen MR) is 441 cm³/mol. The average Bonchev–Trinajstić information content (AvgIpc) is 1.52. The van der Waals surface area contributed by atoms with Crippen LogP contribution < -0.4 is 28.4 Å². The zero-order valence-electron chi connectivity index (χ0n) is 66.9. The van der Waals surface area contributed by atoms with E-state index >= 15 is 0 Å². The average molecular weight is 1600 g/mol. The van der Waals surface area contributed by atoms with Crippen molar-refractivity contribution in [2.75, 3.05) is 108 Å². The summed E-state index contributed by atoms with van der Waals surface area (Å²) in [6.07, 6.45) is 8.55. The molecule has 22 heteroatoms. The molecule has 14 rings (SSSR count). The minimum atomic E-state index is -1.03. The third-order valence-corrected chi connectivity index (χ3v) is 21.9. The van der Waals surface area contributed by atoms with E-state index in [0.717, 1.165) is 122 Å². The Bertz CT molecular complexity index is 4930. The topological polar surface area (TPSA) is 250 Å². The smallest absolute Gasteiger partial charge is 0.306 e. The first-order valence-corrected chi connectivity index (χ1v) is 39.6. The van der Waals surface area contributed by atoms with E-state index < -0.39 is 58.2 Å². The Morgan fingerprint density at radius 1 is 0.305 bits per heavy atom. The number of esters is 6. The van der Waals surface area contributed by atoms with Gasteiger partial charge in [0.15, 0.2) is 11.2 Å². The fourth-order valence-corrected chi connectivity index (χ4v) is 16.1. The van der Waals surface area contributed by atoms with Crippen LogP contribution in [0.15, 0.2) is 206 Å². The summed E-state index contributed by atoms with van der Waals surface area (Å²) in [5, 5.41) is 3.87. The summed E-state index contributed by atoms with van der Waals surface area (Å²) >= 11 is 0. The van der Waals surface area contributed by atoms with Crippen LogP contribution >= 0.6 is 0 Å². The maximum atomic E-state index is 13.0. The first-order chi connectivity index (χ1) is 57.5. The number of benzene rings is 10. The van der Waals surface area contributed by atoms with Gasteiger partial charge in [-0.2, -0.15) is 0 Å². The minimum Gasteiger partial charge on any atom is -0.497 e. The van der Waals surface area contributed by atoms with E-state index in [4.69, 9.17) is 75.8 Å². The van der Waals surface area contributed by atoms with E-state index in [-0.39, 0.29) is 118 Å². The zero-order valence-corrected chi connectivity index (χ0v) is 66.9. The van der Waals surface area contributed by atoms with Crippen molar-refractivity contribution in [2.45, 2.75) is 87.6 Å². The molecule has 4 aliphatic rings. The van der Waals surface area contributed by atoms with Crippen LogP contribution in [0.4, 0.5) is 0 Å². The number of carbonyl (C=O) groups excluding carboxylic acids is 6. The molecule has 2 heterocycles. The molecule has 2 aliphatic heterocycles. The van der Waals surface area contributed by atoms with Crippen LogP contribution in [-0.4, -0.2) is 144 Å². The lowest BCUT2D eigenvalue weighted by molar-refractivity contribution is -0.153. The Morgan fingerprint density at radius 3 is 0.881 bits per heavy atom. The standard InChI is InChI=1S/C96H94O22/c1-93(79-23-13-11-21-75(79)87-71-17-7-9-19-73(71)91-77(89(87)93)47-49-95(117-91,63-27-35-67(103-3)36-28-63)64-29-37-68(104-4)38-30-64)115-61-59-113-85(101)45-43-83(99)111-57-53-107-51-55-109-81(97)25-15-16-26-82(98)110-56-52-108-54-58-112-84(100)44-46-86(102)114-60-62-116-94(2)80-24-14-12-22-76(80)88-72-18-8-10-20-74(72)92-78(90(88)94)48-50-96(118-92,65-31-39-69(105-5)40-32-65)66-33-41-70(106-6)42-34-66/h7-14,17-24,27-42,47-50H,15-16,25-26,43-46,51-62H2,1-6H3. The van der Waals surface area contributed by atoms with Gasteiger partial charge < -0.3 is 75.8 Å². The van der Waals surface area contributed by atoms with Gasteiger partial charge in [-0.3, -0.25) is 28.8 Å². The SMILES string of the molecule is COc1ccc(C2(c3ccc(OC)cc3)C=Cc3c4c(c5ccccc5c3O2)-c2ccccc2C4(C)OCCOC(=O)CCC(=O)OCCOCCOC(=O)CCCCC(=O)OCCOCCOC(=O)CCC(=O)OCCOC2(C)c3ccccc3-c3c2c2c(c4ccccc34)OC(c3ccc(OC)cc3)(c3ccc(OC)cc3)C=C2)cc1. The first kappa shape index (κ1) is 82.2. The van der Waals surface area contributed by atoms with E-state index in [1.165, 1.54) is 0 Å². The molecular formula is C96H94O22. The van der Waals surface area contributed by atoms with Crippen molar-refractivity contribution in [3.8, 4) is 56.8 Å². The number of carbonyl (C=O) groups is 6. The van der Waals surface area contributed by atoms with Crippen LogP contribution in [0.25, 0.3) is 56.0 Å². The molecular weight excluding hydrogens is 1510 g/mol. The highest BCUT2D eigenvalue weighted by molar-refractivity contribution is 6.10. The highest BCUT2D eigenvalue weighted by atomic mass is 16.6. The molecule has 0 bridgehead atoms. The second kappa shape index (κ2) is 37.3. The number of unbranched alkanes of at least 4 members (excludes halogenated alkanes) is 1. The number of hydrogen-bond acceptors (Lipinski definition) is 22. The van der Waals surface area contributed by atoms with Crippen molar-refractivity contribution in [3.05, 3.63) is 262 Å². The molecule has 2 atom stereocenters. The predicted octanol–water partition coefficient (Wildman–Crippen LogP) is 16.4. The number of fused-ring (bicyclic) bond motifs is 16. The van der Waals surface area contributed by atoms with Crippen molar-refractivity contribution >= 4 is 69.5 Å². The summed E-state index contributed by atoms with van der Waals surface area (Å²) in [7, 11) is 6.55. The fraction of sp³-hybridized carbons (Fsp3) is 0.312. The lowest BCUT2D eigenvalue weighted by atomic mass is 9.80. The molecule has 0 fully saturated rings. The van der Waals surface area contributed by atoms with Crippen LogP contribution in [0.3, 0.4) is 0 Å². The van der Waals surface area contributed by atoms with Gasteiger partial charge in [-0.1, -0.05) is 158 Å². The molecule has 10 aromatic rings. The lowest BCUT2D eigenvalue weighted by Gasteiger charge is -2.39. The zero-order chi connectivity index (χ0) is 82.2. The van der Waals surface area contributed by atoms with E-state index in [0.29, 0.717) is 24.3 Å². The van der Waals surface area contributed by atoms with Crippen molar-refractivity contribution in [3.63, 3.8) is 0 Å². The summed E-state index contributed by atoms with van der Waals surface area (Å²) < 4.78 is 93.8. The first-order valence-electron chi connectivity index (χ1n) is 39.6. The van der Waals surface area contributed by atoms with Gasteiger partial charge in [0.1, 0.15) is 85.3 Å². The molecule has 0 aromatic heterocycles. The Kier molecular flexibility index (Phi) is 26.0. The third kappa shape index (κ3) is 17.4. The monoisotopic (exact) mass is 1600 g/mol. The van der Waals surface area contributed by atoms with Gasteiger partial charge in [-0.25, -0.2) is 0 Å². The van der Waals surface area contributed by atoms with E-state index in [1.807, 2.05) is 159 Å². The quantitative estimate of drug-likeness (QED) is 0.0197. The van der Waals surface area contributed by atoms with Crippen molar-refractivity contribution in [1.29, 1.82) is 0 Å². The van der Waals surface area contributed by atoms with Gasteiger partial charge in [-0.05, 0) is 132 Å². The molecule has 0 saturated carbocycles. The lowest BCUT2D eigenvalue weighted by Crippen LogP contribution is -2.35. The molecule has 0 amide bonds. The molecule has 22 nitrogen and oxygen atoms in total.